The van der Waals surface area contributed by atoms with Gasteiger partial charge >= 0.3 is 0 Å². The maximum Gasteiger partial charge on any atom is 0.161 e. The van der Waals surface area contributed by atoms with E-state index < -0.39 is 0 Å². The Morgan fingerprint density at radius 1 is 0.700 bits per heavy atom. The van der Waals surface area contributed by atoms with Crippen LogP contribution in [0.15, 0.2) is 0 Å². The van der Waals surface area contributed by atoms with Gasteiger partial charge in [0.05, 0.1) is 0 Å². The summed E-state index contributed by atoms with van der Waals surface area (Å²) in [5.41, 5.74) is 0. The topological polar surface area (TPSA) is 18.5 Å². The van der Waals surface area contributed by atoms with E-state index in [1.54, 1.807) is 0 Å². The van der Waals surface area contributed by atoms with Crippen LogP contribution in [0.1, 0.15) is 79.1 Å². The molecule has 0 bridgehead atoms. The van der Waals surface area contributed by atoms with E-state index in [-0.39, 0.29) is 19.5 Å². The van der Waals surface area contributed by atoms with Gasteiger partial charge < -0.3 is 8.85 Å². The van der Waals surface area contributed by atoms with Gasteiger partial charge in [-0.05, 0) is 37.8 Å². The van der Waals surface area contributed by atoms with Gasteiger partial charge in [-0.2, -0.15) is 0 Å². The van der Waals surface area contributed by atoms with E-state index in [1.165, 1.54) is 63.5 Å². The molecule has 0 N–H and O–H groups in total. The molecule has 0 fully saturated rings. The summed E-state index contributed by atoms with van der Waals surface area (Å²) in [5.74, 6) is 0. The highest BCUT2D eigenvalue weighted by atomic mass is 28.2. The summed E-state index contributed by atoms with van der Waals surface area (Å²) in [4.78, 5) is 0. The Bertz CT molecular complexity index is 171. The van der Waals surface area contributed by atoms with Crippen LogP contribution in [0.2, 0.25) is 12.1 Å². The lowest BCUT2D eigenvalue weighted by atomic mass is 10.2. The third kappa shape index (κ3) is 12.1. The van der Waals surface area contributed by atoms with Crippen LogP contribution in [-0.2, 0) is 8.85 Å². The summed E-state index contributed by atoms with van der Waals surface area (Å²) in [6, 6.07) is 2.72. The van der Waals surface area contributed by atoms with Gasteiger partial charge in [-0.15, -0.1) is 0 Å². The van der Waals surface area contributed by atoms with E-state index in [0.717, 1.165) is 0 Å². The third-order valence-electron chi connectivity index (χ3n) is 3.88. The lowest BCUT2D eigenvalue weighted by Gasteiger charge is -2.16. The second kappa shape index (κ2) is 15.7. The Morgan fingerprint density at radius 3 is 1.40 bits per heavy atom. The van der Waals surface area contributed by atoms with E-state index >= 15 is 0 Å². The van der Waals surface area contributed by atoms with Crippen molar-refractivity contribution in [1.29, 1.82) is 0 Å². The van der Waals surface area contributed by atoms with Crippen molar-refractivity contribution in [3.05, 3.63) is 0 Å². The predicted molar refractivity (Wildman–Crippen MR) is 96.1 cm³/mol. The Balaban J connectivity index is 3.31. The summed E-state index contributed by atoms with van der Waals surface area (Å²) < 4.78 is 12.1. The van der Waals surface area contributed by atoms with Crippen LogP contribution in [-0.4, -0.2) is 31.7 Å². The number of hydrogen-bond acceptors (Lipinski definition) is 2. The van der Waals surface area contributed by atoms with Gasteiger partial charge in [-0.3, -0.25) is 0 Å². The first-order valence-corrected chi connectivity index (χ1v) is 12.2. The molecule has 122 valence electrons. The lowest BCUT2D eigenvalue weighted by molar-refractivity contribution is 0.193. The Labute approximate surface area is 132 Å². The quantitative estimate of drug-likeness (QED) is 0.336. The van der Waals surface area contributed by atoms with Crippen molar-refractivity contribution in [2.45, 2.75) is 103 Å². The normalized spacial score (nSPS) is 15.6. The molecule has 0 rings (SSSR count). The smallest absolute Gasteiger partial charge is 0.161 e. The van der Waals surface area contributed by atoms with Gasteiger partial charge in [0.1, 0.15) is 0 Å². The Kier molecular flexibility index (Phi) is 16.0. The van der Waals surface area contributed by atoms with Gasteiger partial charge in [0.25, 0.3) is 0 Å². The van der Waals surface area contributed by atoms with Gasteiger partial charge in [0.15, 0.2) is 19.5 Å². The van der Waals surface area contributed by atoms with E-state index in [4.69, 9.17) is 8.85 Å². The number of hydrogen-bond donors (Lipinski definition) is 0. The molecule has 0 saturated heterocycles. The molecular weight excluding hydrogens is 280 g/mol. The molecule has 0 aromatic carbocycles. The fraction of sp³-hybridized carbons (Fsp3) is 1.00. The largest absolute Gasteiger partial charge is 0.421 e. The van der Waals surface area contributed by atoms with Gasteiger partial charge in [0, 0.05) is 12.2 Å². The van der Waals surface area contributed by atoms with Crippen molar-refractivity contribution in [2.24, 2.45) is 0 Å². The van der Waals surface area contributed by atoms with E-state index in [9.17, 15) is 0 Å². The molecule has 0 radical (unpaired) electrons. The van der Waals surface area contributed by atoms with E-state index in [1.807, 2.05) is 0 Å². The summed E-state index contributed by atoms with van der Waals surface area (Å²) in [6.07, 6.45) is 11.3. The summed E-state index contributed by atoms with van der Waals surface area (Å²) >= 11 is 0. The molecule has 2 unspecified atom stereocenters. The van der Waals surface area contributed by atoms with Crippen molar-refractivity contribution < 1.29 is 8.85 Å². The molecule has 0 aliphatic heterocycles. The molecule has 0 aliphatic carbocycles. The van der Waals surface area contributed by atoms with Crippen molar-refractivity contribution in [2.75, 3.05) is 0 Å². The van der Waals surface area contributed by atoms with Gasteiger partial charge in [-0.1, -0.05) is 53.4 Å². The summed E-state index contributed by atoms with van der Waals surface area (Å²) in [5, 5.41) is 0. The molecule has 4 heteroatoms. The fourth-order valence-corrected chi connectivity index (χ4v) is 5.43. The van der Waals surface area contributed by atoms with Crippen molar-refractivity contribution in [3.63, 3.8) is 0 Å². The average molecular weight is 319 g/mol. The van der Waals surface area contributed by atoms with Crippen LogP contribution in [0, 0.1) is 0 Å². The van der Waals surface area contributed by atoms with Crippen molar-refractivity contribution in [3.8, 4) is 0 Å². The zero-order valence-electron chi connectivity index (χ0n) is 14.5. The van der Waals surface area contributed by atoms with Gasteiger partial charge in [0.2, 0.25) is 0 Å². The van der Waals surface area contributed by atoms with E-state index in [2.05, 4.69) is 27.7 Å². The molecule has 0 spiro atoms. The third-order valence-corrected chi connectivity index (χ3v) is 6.87. The van der Waals surface area contributed by atoms with Gasteiger partial charge in [-0.25, -0.2) is 0 Å². The minimum atomic E-state index is -0.255. The fourth-order valence-electron chi connectivity index (χ4n) is 2.51. The van der Waals surface area contributed by atoms with Crippen LogP contribution in [0.3, 0.4) is 0 Å². The zero-order valence-corrected chi connectivity index (χ0v) is 17.3. The second-order valence-corrected chi connectivity index (χ2v) is 8.69. The monoisotopic (exact) mass is 318 g/mol. The number of rotatable bonds is 15. The Morgan fingerprint density at radius 2 is 1.10 bits per heavy atom. The Hall–Kier alpha value is 0.354. The van der Waals surface area contributed by atoms with Crippen LogP contribution < -0.4 is 0 Å². The predicted octanol–water partition coefficient (Wildman–Crippen LogP) is 3.96. The molecule has 2 atom stereocenters. The van der Waals surface area contributed by atoms with Crippen LogP contribution in [0.25, 0.3) is 0 Å². The van der Waals surface area contributed by atoms with Crippen molar-refractivity contribution >= 4 is 19.5 Å². The van der Waals surface area contributed by atoms with Crippen LogP contribution >= 0.6 is 0 Å². The number of unbranched alkanes of at least 4 members (excludes halogenated alkanes) is 1. The minimum Gasteiger partial charge on any atom is -0.421 e. The molecule has 2 nitrogen and oxygen atoms in total. The SMILES string of the molecule is CCCC(CC)O[SiH2]CCCC[SiH2]OC(CC)CCC. The molecule has 0 heterocycles. The molecule has 20 heavy (non-hydrogen) atoms. The maximum absolute atomic E-state index is 6.04. The molecule has 0 aromatic heterocycles. The van der Waals surface area contributed by atoms with E-state index in [0.29, 0.717) is 12.2 Å². The molecule has 0 aliphatic rings. The van der Waals surface area contributed by atoms with Crippen LogP contribution in [0.4, 0.5) is 0 Å². The summed E-state index contributed by atoms with van der Waals surface area (Å²) in [6.45, 7) is 9.00. The zero-order chi connectivity index (χ0) is 15.1. The lowest BCUT2D eigenvalue weighted by Crippen LogP contribution is -2.15. The second-order valence-electron chi connectivity index (χ2n) is 5.79. The highest BCUT2D eigenvalue weighted by molar-refractivity contribution is 6.27. The first-order valence-electron chi connectivity index (χ1n) is 9.01. The highest BCUT2D eigenvalue weighted by Gasteiger charge is 2.05. The maximum atomic E-state index is 6.04. The first-order chi connectivity index (χ1) is 9.78. The standard InChI is InChI=1S/C16H38O2Si2/c1-5-11-15(7-3)17-19-13-9-10-14-20-18-16(8-4)12-6-2/h15-16H,5-14,19-20H2,1-4H3. The molecular formula is C16H38O2Si2. The highest BCUT2D eigenvalue weighted by Crippen LogP contribution is 2.09. The van der Waals surface area contributed by atoms with Crippen molar-refractivity contribution in [1.82, 2.24) is 0 Å². The minimum absolute atomic E-state index is 0.255. The molecule has 0 saturated carbocycles. The molecule has 0 aromatic rings. The van der Waals surface area contributed by atoms with Crippen LogP contribution in [0.5, 0.6) is 0 Å². The first kappa shape index (κ1) is 20.4. The summed E-state index contributed by atoms with van der Waals surface area (Å²) in [7, 11) is -0.510. The molecule has 0 amide bonds. The average Bonchev–Trinajstić information content (AvgIpc) is 2.47.